The van der Waals surface area contributed by atoms with Crippen LogP contribution >= 0.6 is 0 Å². The first-order valence-electron chi connectivity index (χ1n) is 13.4. The minimum absolute atomic E-state index is 0.242. The summed E-state index contributed by atoms with van der Waals surface area (Å²) >= 11 is 0. The molecular formula is C30H28FN9. The first-order chi connectivity index (χ1) is 19.7. The predicted molar refractivity (Wildman–Crippen MR) is 153 cm³/mol. The maximum Gasteiger partial charge on any atom is 0.158 e. The molecule has 5 heterocycles. The van der Waals surface area contributed by atoms with Crippen LogP contribution in [0.1, 0.15) is 11.1 Å². The van der Waals surface area contributed by atoms with E-state index in [2.05, 4.69) is 53.5 Å². The Kier molecular flexibility index (Phi) is 6.29. The van der Waals surface area contributed by atoms with Crippen LogP contribution in [0.2, 0.25) is 0 Å². The largest absolute Gasteiger partial charge is 0.354 e. The van der Waals surface area contributed by atoms with Crippen molar-refractivity contribution in [2.75, 3.05) is 36.4 Å². The Morgan fingerprint density at radius 3 is 2.62 bits per heavy atom. The number of rotatable bonds is 7. The van der Waals surface area contributed by atoms with E-state index < -0.39 is 0 Å². The van der Waals surface area contributed by atoms with Crippen LogP contribution in [-0.4, -0.2) is 60.4 Å². The molecule has 200 valence electrons. The molecule has 0 saturated carbocycles. The summed E-state index contributed by atoms with van der Waals surface area (Å²) in [6, 6.07) is 20.9. The first-order valence-corrected chi connectivity index (χ1v) is 13.4. The molecule has 6 aromatic rings. The van der Waals surface area contributed by atoms with Crippen molar-refractivity contribution in [1.29, 1.82) is 0 Å². The summed E-state index contributed by atoms with van der Waals surface area (Å²) in [5, 5.41) is 13.5. The first kappa shape index (κ1) is 24.2. The summed E-state index contributed by atoms with van der Waals surface area (Å²) < 4.78 is 17.4. The zero-order valence-electron chi connectivity index (χ0n) is 21.9. The smallest absolute Gasteiger partial charge is 0.158 e. The van der Waals surface area contributed by atoms with Gasteiger partial charge in [0.2, 0.25) is 0 Å². The number of pyridine rings is 1. The Morgan fingerprint density at radius 2 is 1.77 bits per heavy atom. The van der Waals surface area contributed by atoms with E-state index in [0.717, 1.165) is 72.0 Å². The molecule has 0 unspecified atom stereocenters. The lowest BCUT2D eigenvalue weighted by Gasteiger charge is -2.35. The summed E-state index contributed by atoms with van der Waals surface area (Å²) in [4.78, 5) is 13.9. The normalized spacial score (nSPS) is 14.3. The molecular weight excluding hydrogens is 505 g/mol. The van der Waals surface area contributed by atoms with Gasteiger partial charge < -0.3 is 10.2 Å². The van der Waals surface area contributed by atoms with Crippen molar-refractivity contribution in [2.45, 2.75) is 13.1 Å². The molecule has 2 aromatic carbocycles. The van der Waals surface area contributed by atoms with Crippen LogP contribution in [0, 0.1) is 5.82 Å². The molecule has 1 N–H and O–H groups in total. The number of hydrogen-bond donors (Lipinski definition) is 1. The Hall–Kier alpha value is -4.83. The number of anilines is 3. The number of nitrogens with one attached hydrogen (secondary N) is 1. The number of hydrogen-bond acceptors (Lipinski definition) is 7. The summed E-state index contributed by atoms with van der Waals surface area (Å²) in [6.07, 6.45) is 7.24. The van der Waals surface area contributed by atoms with Crippen LogP contribution in [0.5, 0.6) is 0 Å². The molecule has 4 aromatic heterocycles. The molecule has 9 nitrogen and oxygen atoms in total. The Balaban J connectivity index is 1.08. The number of halogens is 1. The fraction of sp³-hybridized carbons (Fsp3) is 0.200. The lowest BCUT2D eigenvalue weighted by molar-refractivity contribution is 0.250. The van der Waals surface area contributed by atoms with Gasteiger partial charge in [0.15, 0.2) is 5.82 Å². The van der Waals surface area contributed by atoms with Gasteiger partial charge in [-0.05, 0) is 59.7 Å². The number of fused-ring (bicyclic) bond motifs is 2. The molecule has 40 heavy (non-hydrogen) atoms. The van der Waals surface area contributed by atoms with Gasteiger partial charge in [-0.1, -0.05) is 18.2 Å². The molecule has 7 rings (SSSR count). The van der Waals surface area contributed by atoms with Gasteiger partial charge in [0, 0.05) is 56.2 Å². The summed E-state index contributed by atoms with van der Waals surface area (Å²) in [5.74, 6) is 1.55. The second-order valence-corrected chi connectivity index (χ2v) is 10.0. The fourth-order valence-electron chi connectivity index (χ4n) is 5.39. The maximum atomic E-state index is 13.6. The second-order valence-electron chi connectivity index (χ2n) is 10.0. The lowest BCUT2D eigenvalue weighted by Crippen LogP contribution is -2.46. The summed E-state index contributed by atoms with van der Waals surface area (Å²) in [6.45, 7) is 5.13. The highest BCUT2D eigenvalue weighted by Gasteiger charge is 2.20. The van der Waals surface area contributed by atoms with Crippen LogP contribution < -0.4 is 10.2 Å². The van der Waals surface area contributed by atoms with Gasteiger partial charge in [-0.15, -0.1) is 0 Å². The second kappa shape index (κ2) is 10.4. The molecule has 0 amide bonds. The molecule has 0 atom stereocenters. The van der Waals surface area contributed by atoms with Crippen molar-refractivity contribution in [2.24, 2.45) is 0 Å². The monoisotopic (exact) mass is 533 g/mol. The van der Waals surface area contributed by atoms with Gasteiger partial charge in [0.1, 0.15) is 23.5 Å². The van der Waals surface area contributed by atoms with E-state index in [-0.39, 0.29) is 5.82 Å². The van der Waals surface area contributed by atoms with Gasteiger partial charge in [-0.3, -0.25) is 9.58 Å². The van der Waals surface area contributed by atoms with E-state index in [4.69, 9.17) is 0 Å². The SMILES string of the molecule is Fc1cccc(Cn2ncc3cc(Nc4ncnn5ccc(CN6CCN(c7ccccn7)CC6)c45)ccc32)c1. The van der Waals surface area contributed by atoms with Crippen molar-refractivity contribution in [3.05, 3.63) is 109 Å². The Labute approximate surface area is 230 Å². The Morgan fingerprint density at radius 1 is 0.850 bits per heavy atom. The number of benzene rings is 2. The zero-order valence-corrected chi connectivity index (χ0v) is 21.9. The molecule has 0 spiro atoms. The van der Waals surface area contributed by atoms with Crippen LogP contribution in [0.4, 0.5) is 21.7 Å². The van der Waals surface area contributed by atoms with Gasteiger partial charge in [-0.2, -0.15) is 10.2 Å². The van der Waals surface area contributed by atoms with Crippen LogP contribution in [0.25, 0.3) is 16.4 Å². The highest BCUT2D eigenvalue weighted by Crippen LogP contribution is 2.27. The van der Waals surface area contributed by atoms with E-state index in [1.165, 1.54) is 11.6 Å². The summed E-state index contributed by atoms with van der Waals surface area (Å²) in [5.41, 5.74) is 4.91. The summed E-state index contributed by atoms with van der Waals surface area (Å²) in [7, 11) is 0. The minimum atomic E-state index is -0.242. The predicted octanol–water partition coefficient (Wildman–Crippen LogP) is 4.73. The van der Waals surface area contributed by atoms with E-state index in [0.29, 0.717) is 6.54 Å². The van der Waals surface area contributed by atoms with Crippen LogP contribution in [-0.2, 0) is 13.1 Å². The quantitative estimate of drug-likeness (QED) is 0.318. The molecule has 1 aliphatic rings. The molecule has 10 heteroatoms. The maximum absolute atomic E-state index is 13.6. The van der Waals surface area contributed by atoms with Crippen molar-refractivity contribution in [1.82, 2.24) is 34.3 Å². The lowest BCUT2D eigenvalue weighted by atomic mass is 10.2. The third-order valence-electron chi connectivity index (χ3n) is 7.40. The standard InChI is InChI=1S/C30H28FN9/c31-25-5-3-4-22(16-25)19-40-27-8-7-26(17-24(27)18-34-40)36-30-29-23(9-11-39(29)35-21-33-30)20-37-12-14-38(15-13-37)28-6-1-2-10-32-28/h1-11,16-18,21H,12-15,19-20H2,(H,33,35,36). The molecule has 1 saturated heterocycles. The van der Waals surface area contributed by atoms with E-state index in [1.807, 2.05) is 58.1 Å². The van der Waals surface area contributed by atoms with E-state index in [9.17, 15) is 4.39 Å². The highest BCUT2D eigenvalue weighted by molar-refractivity contribution is 5.85. The van der Waals surface area contributed by atoms with Crippen molar-refractivity contribution >= 4 is 33.7 Å². The van der Waals surface area contributed by atoms with Crippen molar-refractivity contribution in [3.63, 3.8) is 0 Å². The van der Waals surface area contributed by atoms with Crippen LogP contribution in [0.15, 0.2) is 91.6 Å². The van der Waals surface area contributed by atoms with E-state index >= 15 is 0 Å². The van der Waals surface area contributed by atoms with Gasteiger partial charge in [-0.25, -0.2) is 18.9 Å². The third kappa shape index (κ3) is 4.85. The molecule has 0 radical (unpaired) electrons. The number of nitrogens with zero attached hydrogens (tertiary/aromatic N) is 8. The highest BCUT2D eigenvalue weighted by atomic mass is 19.1. The molecule has 1 fully saturated rings. The fourth-order valence-corrected chi connectivity index (χ4v) is 5.39. The van der Waals surface area contributed by atoms with Crippen LogP contribution in [0.3, 0.4) is 0 Å². The average molecular weight is 534 g/mol. The number of piperazine rings is 1. The van der Waals surface area contributed by atoms with E-state index in [1.54, 1.807) is 18.5 Å². The van der Waals surface area contributed by atoms with Gasteiger partial charge in [0.25, 0.3) is 0 Å². The molecule has 0 aliphatic carbocycles. The molecule has 0 bridgehead atoms. The van der Waals surface area contributed by atoms with Crippen molar-refractivity contribution < 1.29 is 4.39 Å². The van der Waals surface area contributed by atoms with Gasteiger partial charge >= 0.3 is 0 Å². The van der Waals surface area contributed by atoms with Gasteiger partial charge in [0.05, 0.1) is 18.3 Å². The molecule has 1 aliphatic heterocycles. The zero-order chi connectivity index (χ0) is 26.9. The third-order valence-corrected chi connectivity index (χ3v) is 7.40. The Bertz CT molecular complexity index is 1770. The minimum Gasteiger partial charge on any atom is -0.354 e. The topological polar surface area (TPSA) is 79.4 Å². The number of aromatic nitrogens is 6. The van der Waals surface area contributed by atoms with Crippen molar-refractivity contribution in [3.8, 4) is 0 Å². The average Bonchev–Trinajstić information content (AvgIpc) is 3.58.